The maximum atomic E-state index is 10.8. The maximum absolute atomic E-state index is 10.8. The van der Waals surface area contributed by atoms with E-state index < -0.39 is 0 Å². The van der Waals surface area contributed by atoms with E-state index in [-0.39, 0.29) is 5.91 Å². The fraction of sp³-hybridized carbons (Fsp3) is 0.500. The number of primary amides is 1. The van der Waals surface area contributed by atoms with E-state index >= 15 is 0 Å². The minimum absolute atomic E-state index is 0.282. The highest BCUT2D eigenvalue weighted by atomic mass is 16.1. The molecule has 0 saturated heterocycles. The third-order valence-corrected chi connectivity index (χ3v) is 3.32. The van der Waals surface area contributed by atoms with Gasteiger partial charge in [-0.15, -0.1) is 0 Å². The third kappa shape index (κ3) is 3.48. The molecule has 1 aromatic carbocycles. The van der Waals surface area contributed by atoms with Crippen LogP contribution in [0.1, 0.15) is 31.7 Å². The molecule has 1 atom stereocenters. The molecule has 3 N–H and O–H groups in total. The molecule has 0 aliphatic heterocycles. The van der Waals surface area contributed by atoms with Crippen LogP contribution >= 0.6 is 0 Å². The van der Waals surface area contributed by atoms with Crippen molar-refractivity contribution in [2.24, 2.45) is 11.7 Å². The summed E-state index contributed by atoms with van der Waals surface area (Å²) < 4.78 is 0. The van der Waals surface area contributed by atoms with Crippen LogP contribution < -0.4 is 11.1 Å². The number of nitrogens with one attached hydrogen (secondary N) is 1. The van der Waals surface area contributed by atoms with E-state index in [0.29, 0.717) is 12.5 Å². The van der Waals surface area contributed by atoms with E-state index in [4.69, 9.17) is 5.73 Å². The minimum atomic E-state index is -0.282. The Morgan fingerprint density at radius 3 is 2.53 bits per heavy atom. The lowest BCUT2D eigenvalue weighted by Gasteiger charge is -2.17. The smallest absolute Gasteiger partial charge is 0.221 e. The van der Waals surface area contributed by atoms with Crippen LogP contribution in [-0.4, -0.2) is 11.9 Å². The molecule has 3 heteroatoms. The van der Waals surface area contributed by atoms with Crippen LogP contribution in [0.3, 0.4) is 0 Å². The van der Waals surface area contributed by atoms with E-state index in [1.807, 2.05) is 24.3 Å². The van der Waals surface area contributed by atoms with Gasteiger partial charge < -0.3 is 11.1 Å². The molecular formula is C14H20N2O. The highest BCUT2D eigenvalue weighted by Gasteiger charge is 2.29. The molecule has 92 valence electrons. The molecule has 1 saturated carbocycles. The van der Waals surface area contributed by atoms with Gasteiger partial charge in [-0.1, -0.05) is 19.1 Å². The molecule has 1 aliphatic carbocycles. The first-order chi connectivity index (χ1) is 8.19. The molecule has 1 unspecified atom stereocenters. The van der Waals surface area contributed by atoms with Crippen molar-refractivity contribution in [1.29, 1.82) is 0 Å². The van der Waals surface area contributed by atoms with Gasteiger partial charge in [0.05, 0.1) is 6.42 Å². The lowest BCUT2D eigenvalue weighted by atomic mass is 10.1. The highest BCUT2D eigenvalue weighted by Crippen LogP contribution is 2.35. The monoisotopic (exact) mass is 232 g/mol. The lowest BCUT2D eigenvalue weighted by molar-refractivity contribution is -0.117. The highest BCUT2D eigenvalue weighted by molar-refractivity contribution is 5.76. The molecule has 17 heavy (non-hydrogen) atoms. The number of hydrogen-bond acceptors (Lipinski definition) is 2. The minimum Gasteiger partial charge on any atom is -0.382 e. The molecule has 3 nitrogen and oxygen atoms in total. The van der Waals surface area contributed by atoms with E-state index in [2.05, 4.69) is 12.2 Å². The van der Waals surface area contributed by atoms with E-state index in [1.54, 1.807) is 0 Å². The van der Waals surface area contributed by atoms with E-state index in [9.17, 15) is 4.79 Å². The summed E-state index contributed by atoms with van der Waals surface area (Å²) in [5.41, 5.74) is 7.27. The van der Waals surface area contributed by atoms with Crippen molar-refractivity contribution in [3.63, 3.8) is 0 Å². The molecule has 1 aliphatic rings. The first kappa shape index (κ1) is 12.0. The van der Waals surface area contributed by atoms with Gasteiger partial charge in [0.15, 0.2) is 0 Å². The molecule has 0 radical (unpaired) electrons. The Kier molecular flexibility index (Phi) is 3.67. The Morgan fingerprint density at radius 2 is 2.06 bits per heavy atom. The van der Waals surface area contributed by atoms with Crippen molar-refractivity contribution in [2.45, 2.75) is 38.6 Å². The quantitative estimate of drug-likeness (QED) is 0.790. The Hall–Kier alpha value is -1.51. The zero-order valence-corrected chi connectivity index (χ0v) is 10.3. The second-order valence-corrected chi connectivity index (χ2v) is 4.84. The first-order valence-electron chi connectivity index (χ1n) is 6.33. The summed E-state index contributed by atoms with van der Waals surface area (Å²) in [6, 6.07) is 8.59. The number of carbonyl (C=O) groups excluding carboxylic acids is 1. The molecule has 0 heterocycles. The molecule has 0 aromatic heterocycles. The number of nitrogens with two attached hydrogens (primary N) is 1. The van der Waals surface area contributed by atoms with Gasteiger partial charge in [-0.3, -0.25) is 4.79 Å². The molecule has 2 rings (SSSR count). The van der Waals surface area contributed by atoms with Crippen LogP contribution in [0.5, 0.6) is 0 Å². The number of benzene rings is 1. The molecule has 0 bridgehead atoms. The maximum Gasteiger partial charge on any atom is 0.221 e. The summed E-state index contributed by atoms with van der Waals surface area (Å²) in [7, 11) is 0. The van der Waals surface area contributed by atoms with Crippen molar-refractivity contribution in [2.75, 3.05) is 5.32 Å². The number of rotatable bonds is 6. The van der Waals surface area contributed by atoms with Gasteiger partial charge in [0.2, 0.25) is 5.91 Å². The predicted octanol–water partition coefficient (Wildman–Crippen LogP) is 2.31. The van der Waals surface area contributed by atoms with Crippen LogP contribution in [0.25, 0.3) is 0 Å². The van der Waals surface area contributed by atoms with Crippen LogP contribution in [0.15, 0.2) is 24.3 Å². The summed E-state index contributed by atoms with van der Waals surface area (Å²) in [4.78, 5) is 10.8. The van der Waals surface area contributed by atoms with Crippen molar-refractivity contribution < 1.29 is 4.79 Å². The fourth-order valence-electron chi connectivity index (χ4n) is 2.19. The third-order valence-electron chi connectivity index (χ3n) is 3.32. The van der Waals surface area contributed by atoms with Crippen LogP contribution in [0, 0.1) is 5.92 Å². The van der Waals surface area contributed by atoms with Gasteiger partial charge in [0, 0.05) is 11.7 Å². The van der Waals surface area contributed by atoms with E-state index in [1.165, 1.54) is 12.8 Å². The normalized spacial score (nSPS) is 16.5. The second-order valence-electron chi connectivity index (χ2n) is 4.84. The zero-order valence-electron chi connectivity index (χ0n) is 10.3. The second kappa shape index (κ2) is 5.21. The number of amides is 1. The van der Waals surface area contributed by atoms with Gasteiger partial charge in [0.25, 0.3) is 0 Å². The Bertz CT molecular complexity index is 382. The van der Waals surface area contributed by atoms with Crippen molar-refractivity contribution in [3.8, 4) is 0 Å². The topological polar surface area (TPSA) is 55.1 Å². The molecule has 1 amide bonds. The Morgan fingerprint density at radius 1 is 1.41 bits per heavy atom. The summed E-state index contributed by atoms with van der Waals surface area (Å²) in [5, 5.41) is 3.55. The van der Waals surface area contributed by atoms with Crippen LogP contribution in [-0.2, 0) is 11.2 Å². The largest absolute Gasteiger partial charge is 0.382 e. The lowest BCUT2D eigenvalue weighted by Crippen LogP contribution is -2.20. The summed E-state index contributed by atoms with van der Waals surface area (Å²) in [6.45, 7) is 2.22. The molecule has 1 fully saturated rings. The molecule has 1 aromatic rings. The Labute approximate surface area is 102 Å². The molecule has 0 spiro atoms. The average molecular weight is 232 g/mol. The number of anilines is 1. The van der Waals surface area contributed by atoms with Gasteiger partial charge in [-0.05, 0) is 42.9 Å². The zero-order chi connectivity index (χ0) is 12.3. The fourth-order valence-corrected chi connectivity index (χ4v) is 2.19. The predicted molar refractivity (Wildman–Crippen MR) is 69.8 cm³/mol. The van der Waals surface area contributed by atoms with E-state index in [0.717, 1.165) is 23.6 Å². The van der Waals surface area contributed by atoms with Gasteiger partial charge in [-0.2, -0.15) is 0 Å². The van der Waals surface area contributed by atoms with Gasteiger partial charge >= 0.3 is 0 Å². The number of hydrogen-bond donors (Lipinski definition) is 2. The summed E-state index contributed by atoms with van der Waals surface area (Å²) in [6.07, 6.45) is 4.18. The summed E-state index contributed by atoms with van der Waals surface area (Å²) >= 11 is 0. The van der Waals surface area contributed by atoms with Gasteiger partial charge in [-0.25, -0.2) is 0 Å². The van der Waals surface area contributed by atoms with Crippen LogP contribution in [0.4, 0.5) is 5.69 Å². The van der Waals surface area contributed by atoms with Crippen molar-refractivity contribution >= 4 is 11.6 Å². The Balaban J connectivity index is 1.94. The van der Waals surface area contributed by atoms with Crippen molar-refractivity contribution in [1.82, 2.24) is 0 Å². The standard InChI is InChI=1S/C14H20N2O/c1-2-13(11-5-6-11)16-12-7-3-10(4-8-12)9-14(15)17/h3-4,7-8,11,13,16H,2,5-6,9H2,1H3,(H2,15,17). The van der Waals surface area contributed by atoms with Crippen molar-refractivity contribution in [3.05, 3.63) is 29.8 Å². The molecular weight excluding hydrogens is 212 g/mol. The van der Waals surface area contributed by atoms with Gasteiger partial charge in [0.1, 0.15) is 0 Å². The number of carbonyl (C=O) groups is 1. The van der Waals surface area contributed by atoms with Crippen LogP contribution in [0.2, 0.25) is 0 Å². The summed E-state index contributed by atoms with van der Waals surface area (Å²) in [5.74, 6) is 0.570. The first-order valence-corrected chi connectivity index (χ1v) is 6.33. The average Bonchev–Trinajstić information content (AvgIpc) is 3.11. The SMILES string of the molecule is CCC(Nc1ccc(CC(N)=O)cc1)C1CC1.